The van der Waals surface area contributed by atoms with E-state index in [1.54, 1.807) is 0 Å². The molecule has 8 rings (SSSR count). The van der Waals surface area contributed by atoms with Crippen LogP contribution in [0.3, 0.4) is 0 Å². The SMILES string of the molecule is [2H]C([2H])(c1cc(B2OC(C)(C)C(C)(C)O2)cc(C([2H])([2H])C([2H])([2H])c2cnc(-c3ccccc3)cc2C2CCCC2)c1)C([2H])([2H])c1cnc(-c2ccccc2)cc1C1CCCC1. The highest BCUT2D eigenvalue weighted by molar-refractivity contribution is 6.62. The highest BCUT2D eigenvalue weighted by Gasteiger charge is 2.51. The van der Waals surface area contributed by atoms with Crippen molar-refractivity contribution in [3.8, 4) is 22.5 Å². The fraction of sp³-hybridized carbons (Fsp3) is 0.417. The molecule has 53 heavy (non-hydrogen) atoms. The van der Waals surface area contributed by atoms with Gasteiger partial charge in [-0.2, -0.15) is 0 Å². The summed E-state index contributed by atoms with van der Waals surface area (Å²) in [4.78, 5) is 9.39. The first kappa shape index (κ1) is 27.5. The molecule has 2 aliphatic carbocycles. The fourth-order valence-corrected chi connectivity index (χ4v) is 8.02. The molecule has 0 spiro atoms. The molecule has 1 saturated heterocycles. The van der Waals surface area contributed by atoms with Crippen LogP contribution in [0.2, 0.25) is 0 Å². The minimum absolute atomic E-state index is 0.0234. The van der Waals surface area contributed by atoms with Crippen LogP contribution in [0.1, 0.15) is 135 Å². The van der Waals surface area contributed by atoms with Crippen molar-refractivity contribution in [3.05, 3.63) is 137 Å². The van der Waals surface area contributed by atoms with Crippen LogP contribution in [0, 0.1) is 0 Å². The Morgan fingerprint density at radius 2 is 1.00 bits per heavy atom. The predicted molar refractivity (Wildman–Crippen MR) is 219 cm³/mol. The highest BCUT2D eigenvalue weighted by Crippen LogP contribution is 2.40. The number of aryl methyl sites for hydroxylation is 4. The Hall–Kier alpha value is -4.06. The van der Waals surface area contributed by atoms with Gasteiger partial charge in [0.1, 0.15) is 0 Å². The maximum absolute atomic E-state index is 9.75. The number of rotatable bonds is 11. The molecular formula is C48H55BN2O2. The Morgan fingerprint density at radius 3 is 1.42 bits per heavy atom. The van der Waals surface area contributed by atoms with Crippen molar-refractivity contribution in [2.24, 2.45) is 0 Å². The first-order valence-corrected chi connectivity index (χ1v) is 19.4. The van der Waals surface area contributed by atoms with Crippen molar-refractivity contribution in [1.29, 1.82) is 0 Å². The van der Waals surface area contributed by atoms with Gasteiger partial charge >= 0.3 is 7.12 Å². The second kappa shape index (κ2) is 15.4. The van der Waals surface area contributed by atoms with Gasteiger partial charge in [0.2, 0.25) is 0 Å². The van der Waals surface area contributed by atoms with Crippen molar-refractivity contribution in [2.45, 2.75) is 128 Å². The molecule has 5 heteroatoms. The van der Waals surface area contributed by atoms with Crippen molar-refractivity contribution in [2.75, 3.05) is 0 Å². The van der Waals surface area contributed by atoms with Gasteiger partial charge in [-0.15, -0.1) is 0 Å². The average molecular weight is 711 g/mol. The summed E-state index contributed by atoms with van der Waals surface area (Å²) >= 11 is 0. The summed E-state index contributed by atoms with van der Waals surface area (Å²) < 4.78 is 90.7. The Morgan fingerprint density at radius 1 is 0.585 bits per heavy atom. The van der Waals surface area contributed by atoms with Gasteiger partial charge in [-0.25, -0.2) is 0 Å². The van der Waals surface area contributed by atoms with E-state index in [0.717, 1.165) is 73.6 Å². The Bertz CT molecular complexity index is 2220. The average Bonchev–Trinajstić information content (AvgIpc) is 4.03. The molecule has 0 unspecified atom stereocenters. The van der Waals surface area contributed by atoms with Crippen molar-refractivity contribution < 1.29 is 20.3 Å². The summed E-state index contributed by atoms with van der Waals surface area (Å²) in [5.74, 6) is 0.0469. The molecule has 2 saturated carbocycles. The minimum atomic E-state index is -2.76. The number of hydrogen-bond donors (Lipinski definition) is 0. The molecule has 2 aromatic heterocycles. The van der Waals surface area contributed by atoms with Crippen molar-refractivity contribution in [1.82, 2.24) is 9.97 Å². The lowest BCUT2D eigenvalue weighted by Gasteiger charge is -2.32. The summed E-state index contributed by atoms with van der Waals surface area (Å²) in [7, 11) is -1.06. The molecule has 0 bridgehead atoms. The molecule has 0 radical (unpaired) electrons. The molecule has 0 atom stereocenters. The second-order valence-electron chi connectivity index (χ2n) is 15.9. The molecule has 0 N–H and O–H groups in total. The van der Waals surface area contributed by atoms with E-state index in [4.69, 9.17) is 19.3 Å². The van der Waals surface area contributed by atoms with Gasteiger partial charge in [-0.3, -0.25) is 9.97 Å². The zero-order valence-corrected chi connectivity index (χ0v) is 31.4. The topological polar surface area (TPSA) is 44.2 Å². The maximum atomic E-state index is 9.75. The molecule has 272 valence electrons. The number of hydrogen-bond acceptors (Lipinski definition) is 4. The van der Waals surface area contributed by atoms with Crippen LogP contribution in [0.25, 0.3) is 22.5 Å². The molecular weight excluding hydrogens is 647 g/mol. The Labute approximate surface area is 329 Å². The number of benzene rings is 3. The molecule has 3 aliphatic rings. The van der Waals surface area contributed by atoms with Crippen molar-refractivity contribution >= 4 is 12.6 Å². The molecule has 4 nitrogen and oxygen atoms in total. The number of aromatic nitrogens is 2. The predicted octanol–water partition coefficient (Wildman–Crippen LogP) is 11.0. The molecule has 3 heterocycles. The largest absolute Gasteiger partial charge is 0.494 e. The lowest BCUT2D eigenvalue weighted by Crippen LogP contribution is -2.41. The van der Waals surface area contributed by atoms with E-state index in [-0.39, 0.29) is 39.6 Å². The normalized spacial score (nSPS) is 21.9. The smallest absolute Gasteiger partial charge is 0.399 e. The standard InChI is InChI=1S/C48H55BN2O2/c1-47(2)48(3,4)53-49(52-47)42-28-34(23-25-40-32-50-45(38-19-7-5-8-20-38)30-43(40)36-15-11-12-16-36)27-35(29-42)24-26-41-33-51-46(39-21-9-6-10-22-39)31-44(41)37-17-13-14-18-37/h5-10,19-22,27-33,36-37H,11-18,23-26H2,1-4H3/i23D2,24D2,25D2,26D2. The van der Waals surface area contributed by atoms with Gasteiger partial charge in [-0.05, 0) is 142 Å². The minimum Gasteiger partial charge on any atom is -0.399 e. The van der Waals surface area contributed by atoms with Gasteiger partial charge in [0.15, 0.2) is 0 Å². The maximum Gasteiger partial charge on any atom is 0.494 e. The second-order valence-corrected chi connectivity index (χ2v) is 15.9. The lowest BCUT2D eigenvalue weighted by molar-refractivity contribution is 0.00578. The first-order chi connectivity index (χ1) is 28.7. The van der Waals surface area contributed by atoms with Crippen LogP contribution in [0.5, 0.6) is 0 Å². The number of nitrogens with zero attached hydrogens (tertiary/aromatic N) is 2. The number of pyridine rings is 2. The van der Waals surface area contributed by atoms with Crippen molar-refractivity contribution in [3.63, 3.8) is 0 Å². The van der Waals surface area contributed by atoms with Gasteiger partial charge in [0.05, 0.1) is 22.6 Å². The van der Waals surface area contributed by atoms with E-state index < -0.39 is 43.8 Å². The summed E-state index contributed by atoms with van der Waals surface area (Å²) in [6.45, 7) is 7.56. The van der Waals surface area contributed by atoms with Gasteiger partial charge in [-0.1, -0.05) is 105 Å². The van der Waals surface area contributed by atoms with Crippen LogP contribution in [-0.2, 0) is 34.8 Å². The lowest BCUT2D eigenvalue weighted by atomic mass is 9.76. The molecule has 1 aliphatic heterocycles. The van der Waals surface area contributed by atoms with Crippen LogP contribution in [-0.4, -0.2) is 28.3 Å². The monoisotopic (exact) mass is 710 g/mol. The molecule has 3 fully saturated rings. The zero-order chi connectivity index (χ0) is 43.6. The first-order valence-electron chi connectivity index (χ1n) is 23.4. The van der Waals surface area contributed by atoms with Crippen LogP contribution >= 0.6 is 0 Å². The quantitative estimate of drug-likeness (QED) is 0.128. The zero-order valence-electron chi connectivity index (χ0n) is 39.4. The summed E-state index contributed by atoms with van der Waals surface area (Å²) in [6, 6.07) is 27.5. The van der Waals surface area contributed by atoms with Crippen LogP contribution < -0.4 is 5.46 Å². The van der Waals surface area contributed by atoms with E-state index in [1.807, 2.05) is 100 Å². The summed E-state index contributed by atoms with van der Waals surface area (Å²) in [5, 5.41) is 0. The van der Waals surface area contributed by atoms with E-state index in [9.17, 15) is 11.0 Å². The van der Waals surface area contributed by atoms with E-state index >= 15 is 0 Å². The summed E-state index contributed by atoms with van der Waals surface area (Å²) in [5.41, 5.74) is 3.26. The van der Waals surface area contributed by atoms with E-state index in [0.29, 0.717) is 11.4 Å². The fourth-order valence-electron chi connectivity index (χ4n) is 8.02. The molecule has 5 aromatic rings. The van der Waals surface area contributed by atoms with Crippen LogP contribution in [0.4, 0.5) is 0 Å². The Balaban J connectivity index is 1.27. The van der Waals surface area contributed by atoms with Gasteiger partial charge in [0.25, 0.3) is 0 Å². The molecule has 0 amide bonds. The third kappa shape index (κ3) is 7.93. The third-order valence-electron chi connectivity index (χ3n) is 11.8. The van der Waals surface area contributed by atoms with E-state index in [2.05, 4.69) is 0 Å². The molecule has 3 aromatic carbocycles. The summed E-state index contributed by atoms with van der Waals surface area (Å²) in [6.07, 6.45) is -0.508. The van der Waals surface area contributed by atoms with Gasteiger partial charge in [0, 0.05) is 34.5 Å². The highest BCUT2D eigenvalue weighted by atomic mass is 16.7. The Kier molecular flexibility index (Phi) is 7.97. The third-order valence-corrected chi connectivity index (χ3v) is 11.8. The van der Waals surface area contributed by atoms with Crippen LogP contribution in [0.15, 0.2) is 103 Å². The van der Waals surface area contributed by atoms with E-state index in [1.165, 1.54) is 30.6 Å². The van der Waals surface area contributed by atoms with Gasteiger partial charge < -0.3 is 9.31 Å².